The van der Waals surface area contributed by atoms with Gasteiger partial charge in [-0.1, -0.05) is 11.2 Å². The zero-order chi connectivity index (χ0) is 14.5. The monoisotopic (exact) mass is 294 g/mol. The van der Waals surface area contributed by atoms with Gasteiger partial charge < -0.3 is 10.9 Å². The van der Waals surface area contributed by atoms with Crippen molar-refractivity contribution in [2.45, 2.75) is 10.6 Å². The molecule has 6 heteroatoms. The van der Waals surface area contributed by atoms with Crippen LogP contribution in [0.15, 0.2) is 52.5 Å². The number of benzene rings is 2. The maximum absolute atomic E-state index is 13.2. The number of rotatable bonds is 4. The third-order valence-electron chi connectivity index (χ3n) is 2.66. The topological polar surface area (TPSA) is 58.6 Å². The van der Waals surface area contributed by atoms with Crippen molar-refractivity contribution >= 4 is 17.6 Å². The van der Waals surface area contributed by atoms with E-state index in [-0.39, 0.29) is 11.7 Å². The van der Waals surface area contributed by atoms with Crippen LogP contribution in [0.5, 0.6) is 0 Å². The molecule has 0 heterocycles. The average molecular weight is 294 g/mol. The molecule has 20 heavy (non-hydrogen) atoms. The third-order valence-corrected chi connectivity index (χ3v) is 3.72. The molecular weight excluding hydrogens is 282 g/mol. The van der Waals surface area contributed by atoms with Crippen LogP contribution in [0.4, 0.5) is 8.78 Å². The molecule has 0 fully saturated rings. The predicted octanol–water partition coefficient (Wildman–Crippen LogP) is 3.35. The second-order valence-corrected chi connectivity index (χ2v) is 5.08. The second-order valence-electron chi connectivity index (χ2n) is 4.03. The van der Waals surface area contributed by atoms with E-state index in [1.165, 1.54) is 36.0 Å². The van der Waals surface area contributed by atoms with Gasteiger partial charge in [0.15, 0.2) is 5.84 Å². The van der Waals surface area contributed by atoms with E-state index in [0.29, 0.717) is 11.3 Å². The Labute approximate surface area is 119 Å². The smallest absolute Gasteiger partial charge is 0.170 e. The van der Waals surface area contributed by atoms with Crippen LogP contribution in [0.2, 0.25) is 0 Å². The van der Waals surface area contributed by atoms with E-state index in [1.54, 1.807) is 18.2 Å². The molecule has 0 saturated carbocycles. The quantitative estimate of drug-likeness (QED) is 0.299. The first-order valence-corrected chi connectivity index (χ1v) is 6.73. The Bertz CT molecular complexity index is 630. The van der Waals surface area contributed by atoms with Crippen molar-refractivity contribution in [1.82, 2.24) is 0 Å². The summed E-state index contributed by atoms with van der Waals surface area (Å²) in [6.07, 6.45) is 0. The van der Waals surface area contributed by atoms with Crippen LogP contribution in [-0.2, 0) is 5.75 Å². The fraction of sp³-hybridized carbons (Fsp3) is 0.0714. The minimum Gasteiger partial charge on any atom is -0.409 e. The highest BCUT2D eigenvalue weighted by atomic mass is 32.2. The molecule has 0 aromatic heterocycles. The average Bonchev–Trinajstić information content (AvgIpc) is 2.46. The number of hydrogen-bond donors (Lipinski definition) is 2. The van der Waals surface area contributed by atoms with Gasteiger partial charge in [0.2, 0.25) is 0 Å². The second kappa shape index (κ2) is 6.38. The number of nitrogens with two attached hydrogens (primary N) is 1. The minimum atomic E-state index is -0.456. The maximum atomic E-state index is 13.2. The summed E-state index contributed by atoms with van der Waals surface area (Å²) in [5.41, 5.74) is 6.61. The number of amidine groups is 1. The molecule has 0 atom stereocenters. The van der Waals surface area contributed by atoms with Crippen molar-refractivity contribution in [3.05, 3.63) is 65.2 Å². The van der Waals surface area contributed by atoms with E-state index in [2.05, 4.69) is 5.16 Å². The number of halogens is 2. The number of oxime groups is 1. The molecule has 0 unspecified atom stereocenters. The summed E-state index contributed by atoms with van der Waals surface area (Å²) in [6.45, 7) is 0. The zero-order valence-electron chi connectivity index (χ0n) is 10.4. The third kappa shape index (κ3) is 3.48. The predicted molar refractivity (Wildman–Crippen MR) is 74.9 cm³/mol. The maximum Gasteiger partial charge on any atom is 0.170 e. The van der Waals surface area contributed by atoms with Gasteiger partial charge in [0.25, 0.3) is 0 Å². The first kappa shape index (κ1) is 14.3. The fourth-order valence-corrected chi connectivity index (χ4v) is 2.56. The zero-order valence-corrected chi connectivity index (χ0v) is 11.2. The van der Waals surface area contributed by atoms with E-state index in [0.717, 1.165) is 10.5 Å². The van der Waals surface area contributed by atoms with Crippen LogP contribution >= 0.6 is 11.8 Å². The largest absolute Gasteiger partial charge is 0.409 e. The molecule has 0 aliphatic carbocycles. The summed E-state index contributed by atoms with van der Waals surface area (Å²) in [4.78, 5) is 0.876. The molecule has 0 aliphatic heterocycles. The minimum absolute atomic E-state index is 0.140. The molecule has 2 rings (SSSR count). The lowest BCUT2D eigenvalue weighted by atomic mass is 10.1. The van der Waals surface area contributed by atoms with Crippen molar-refractivity contribution in [2.24, 2.45) is 10.9 Å². The normalized spacial score (nSPS) is 11.6. The molecule has 0 aliphatic rings. The van der Waals surface area contributed by atoms with Crippen LogP contribution in [0.25, 0.3) is 0 Å². The van der Waals surface area contributed by atoms with Crippen LogP contribution in [-0.4, -0.2) is 11.0 Å². The first-order valence-electron chi connectivity index (χ1n) is 5.75. The number of hydrogen-bond acceptors (Lipinski definition) is 3. The van der Waals surface area contributed by atoms with Gasteiger partial charge in [-0.05, 0) is 42.0 Å². The SMILES string of the molecule is NC(=NO)c1cc(F)ccc1CSc1ccc(F)cc1. The van der Waals surface area contributed by atoms with Crippen molar-refractivity contribution in [1.29, 1.82) is 0 Å². The van der Waals surface area contributed by atoms with Gasteiger partial charge in [-0.15, -0.1) is 11.8 Å². The van der Waals surface area contributed by atoms with E-state index in [4.69, 9.17) is 10.9 Å². The molecule has 2 aromatic rings. The van der Waals surface area contributed by atoms with Gasteiger partial charge in [0.05, 0.1) is 0 Å². The lowest BCUT2D eigenvalue weighted by Gasteiger charge is -2.08. The van der Waals surface area contributed by atoms with Crippen LogP contribution in [0.1, 0.15) is 11.1 Å². The Hall–Kier alpha value is -2.08. The molecule has 0 amide bonds. The molecule has 0 saturated heterocycles. The molecule has 0 radical (unpaired) electrons. The Morgan fingerprint density at radius 2 is 1.75 bits per heavy atom. The van der Waals surface area contributed by atoms with Crippen molar-refractivity contribution in [3.8, 4) is 0 Å². The van der Waals surface area contributed by atoms with Crippen molar-refractivity contribution in [2.75, 3.05) is 0 Å². The lowest BCUT2D eigenvalue weighted by molar-refractivity contribution is 0.318. The van der Waals surface area contributed by atoms with Crippen LogP contribution < -0.4 is 5.73 Å². The Morgan fingerprint density at radius 1 is 1.10 bits per heavy atom. The first-order chi connectivity index (χ1) is 9.60. The number of thioether (sulfide) groups is 1. The number of nitrogens with zero attached hydrogens (tertiary/aromatic N) is 1. The highest BCUT2D eigenvalue weighted by Crippen LogP contribution is 2.25. The summed E-state index contributed by atoms with van der Waals surface area (Å²) in [5.74, 6) is -0.396. The van der Waals surface area contributed by atoms with Gasteiger partial charge in [-0.2, -0.15) is 0 Å². The summed E-state index contributed by atoms with van der Waals surface area (Å²) in [7, 11) is 0. The molecule has 0 spiro atoms. The molecule has 3 N–H and O–H groups in total. The van der Waals surface area contributed by atoms with E-state index in [9.17, 15) is 8.78 Å². The van der Waals surface area contributed by atoms with Crippen LogP contribution in [0, 0.1) is 11.6 Å². The highest BCUT2D eigenvalue weighted by Gasteiger charge is 2.09. The summed E-state index contributed by atoms with van der Waals surface area (Å²) in [6, 6.07) is 10.2. The highest BCUT2D eigenvalue weighted by molar-refractivity contribution is 7.98. The van der Waals surface area contributed by atoms with Crippen molar-refractivity contribution < 1.29 is 14.0 Å². The van der Waals surface area contributed by atoms with Crippen molar-refractivity contribution in [3.63, 3.8) is 0 Å². The molecule has 104 valence electrons. The molecular formula is C14H12F2N2OS. The van der Waals surface area contributed by atoms with E-state index < -0.39 is 5.82 Å². The lowest BCUT2D eigenvalue weighted by Crippen LogP contribution is -2.15. The molecule has 0 bridgehead atoms. The van der Waals surface area contributed by atoms with E-state index in [1.807, 2.05) is 0 Å². The van der Waals surface area contributed by atoms with Gasteiger partial charge in [-0.3, -0.25) is 0 Å². The van der Waals surface area contributed by atoms with Gasteiger partial charge in [0.1, 0.15) is 11.6 Å². The Morgan fingerprint density at radius 3 is 2.40 bits per heavy atom. The Kier molecular flexibility index (Phi) is 4.57. The summed E-state index contributed by atoms with van der Waals surface area (Å²) < 4.78 is 26.0. The van der Waals surface area contributed by atoms with E-state index >= 15 is 0 Å². The van der Waals surface area contributed by atoms with Gasteiger partial charge in [-0.25, -0.2) is 8.78 Å². The summed E-state index contributed by atoms with van der Waals surface area (Å²) >= 11 is 1.45. The Balaban J connectivity index is 2.19. The van der Waals surface area contributed by atoms with Gasteiger partial charge >= 0.3 is 0 Å². The molecule has 3 nitrogen and oxygen atoms in total. The van der Waals surface area contributed by atoms with Gasteiger partial charge in [0, 0.05) is 16.2 Å². The fourth-order valence-electron chi connectivity index (χ4n) is 1.66. The standard InChI is InChI=1S/C14H12F2N2OS/c15-10-3-5-12(6-4-10)20-8-9-1-2-11(16)7-13(9)14(17)18-19/h1-7,19H,8H2,(H2,17,18). The summed E-state index contributed by atoms with van der Waals surface area (Å²) in [5, 5.41) is 11.6. The van der Waals surface area contributed by atoms with Crippen LogP contribution in [0.3, 0.4) is 0 Å². The molecule has 2 aromatic carbocycles.